The van der Waals surface area contributed by atoms with Crippen molar-refractivity contribution >= 4 is 21.6 Å². The molecule has 0 saturated carbocycles. The highest BCUT2D eigenvalue weighted by Crippen LogP contribution is 2.25. The summed E-state index contributed by atoms with van der Waals surface area (Å²) < 4.78 is 31.0. The SMILES string of the molecule is COc1ccc(N(C(C)C(=O)NC(C)c2cc(C)ccc2C)S(C)(=O)=O)cc1. The average molecular weight is 405 g/mol. The number of carbonyl (C=O) groups is 1. The molecule has 0 saturated heterocycles. The maximum atomic E-state index is 12.9. The van der Waals surface area contributed by atoms with Crippen molar-refractivity contribution in [2.45, 2.75) is 39.8 Å². The standard InChI is InChI=1S/C21H28N2O4S/c1-14-7-8-15(2)20(13-14)16(3)22-21(24)17(4)23(28(6,25)26)18-9-11-19(27-5)12-10-18/h7-13,16-17H,1-6H3,(H,22,24). The number of nitrogens with one attached hydrogen (secondary N) is 1. The minimum Gasteiger partial charge on any atom is -0.497 e. The normalized spacial score (nSPS) is 13.5. The van der Waals surface area contributed by atoms with Crippen LogP contribution in [0.5, 0.6) is 5.75 Å². The van der Waals surface area contributed by atoms with Crippen LogP contribution < -0.4 is 14.4 Å². The largest absolute Gasteiger partial charge is 0.497 e. The molecule has 7 heteroatoms. The Balaban J connectivity index is 2.27. The van der Waals surface area contributed by atoms with E-state index in [2.05, 4.69) is 5.32 Å². The van der Waals surface area contributed by atoms with Crippen molar-refractivity contribution in [3.05, 3.63) is 59.2 Å². The Kier molecular flexibility index (Phi) is 6.72. The Morgan fingerprint density at radius 1 is 1.07 bits per heavy atom. The first-order valence-electron chi connectivity index (χ1n) is 9.05. The Morgan fingerprint density at radius 3 is 2.21 bits per heavy atom. The second kappa shape index (κ2) is 8.65. The number of amides is 1. The van der Waals surface area contributed by atoms with Crippen molar-refractivity contribution in [1.29, 1.82) is 0 Å². The van der Waals surface area contributed by atoms with E-state index < -0.39 is 16.1 Å². The number of benzene rings is 2. The molecule has 0 aliphatic carbocycles. The number of carbonyl (C=O) groups excluding carboxylic acids is 1. The molecule has 0 heterocycles. The maximum absolute atomic E-state index is 12.9. The molecule has 0 radical (unpaired) electrons. The van der Waals surface area contributed by atoms with Crippen LogP contribution in [0.2, 0.25) is 0 Å². The van der Waals surface area contributed by atoms with E-state index in [1.807, 2.05) is 39.0 Å². The monoisotopic (exact) mass is 404 g/mol. The van der Waals surface area contributed by atoms with E-state index in [4.69, 9.17) is 4.74 Å². The van der Waals surface area contributed by atoms with Crippen LogP contribution >= 0.6 is 0 Å². The fourth-order valence-electron chi connectivity index (χ4n) is 3.18. The summed E-state index contributed by atoms with van der Waals surface area (Å²) in [6.45, 7) is 7.46. The van der Waals surface area contributed by atoms with E-state index in [0.717, 1.165) is 27.3 Å². The Morgan fingerprint density at radius 2 is 1.68 bits per heavy atom. The third-order valence-corrected chi connectivity index (χ3v) is 5.92. The maximum Gasteiger partial charge on any atom is 0.244 e. The highest BCUT2D eigenvalue weighted by Gasteiger charge is 2.30. The molecule has 28 heavy (non-hydrogen) atoms. The van der Waals surface area contributed by atoms with Gasteiger partial charge in [0.1, 0.15) is 11.8 Å². The molecule has 2 atom stereocenters. The van der Waals surface area contributed by atoms with Crippen molar-refractivity contribution in [3.63, 3.8) is 0 Å². The van der Waals surface area contributed by atoms with Gasteiger partial charge in [0.05, 0.1) is 25.1 Å². The number of methoxy groups -OCH3 is 1. The lowest BCUT2D eigenvalue weighted by atomic mass is 10.00. The van der Waals surface area contributed by atoms with Gasteiger partial charge in [0, 0.05) is 0 Å². The van der Waals surface area contributed by atoms with Gasteiger partial charge in [-0.2, -0.15) is 0 Å². The van der Waals surface area contributed by atoms with Crippen LogP contribution in [0.3, 0.4) is 0 Å². The number of nitrogens with zero attached hydrogens (tertiary/aromatic N) is 1. The molecule has 2 unspecified atom stereocenters. The number of ether oxygens (including phenoxy) is 1. The number of anilines is 1. The smallest absolute Gasteiger partial charge is 0.244 e. The summed E-state index contributed by atoms with van der Waals surface area (Å²) in [5.41, 5.74) is 3.59. The zero-order valence-electron chi connectivity index (χ0n) is 17.2. The fourth-order valence-corrected chi connectivity index (χ4v) is 4.35. The van der Waals surface area contributed by atoms with Crippen molar-refractivity contribution in [2.75, 3.05) is 17.7 Å². The molecule has 6 nitrogen and oxygen atoms in total. The molecular formula is C21H28N2O4S. The van der Waals surface area contributed by atoms with Crippen molar-refractivity contribution in [2.24, 2.45) is 0 Å². The molecule has 2 rings (SSSR count). The van der Waals surface area contributed by atoms with Gasteiger partial charge < -0.3 is 10.1 Å². The molecule has 0 bridgehead atoms. The fraction of sp³-hybridized carbons (Fsp3) is 0.381. The second-order valence-corrected chi connectivity index (χ2v) is 8.88. The number of hydrogen-bond donors (Lipinski definition) is 1. The molecule has 0 spiro atoms. The van der Waals surface area contributed by atoms with Crippen molar-refractivity contribution in [3.8, 4) is 5.75 Å². The number of sulfonamides is 1. The highest BCUT2D eigenvalue weighted by molar-refractivity contribution is 7.92. The Hall–Kier alpha value is -2.54. The van der Waals surface area contributed by atoms with Gasteiger partial charge in [-0.1, -0.05) is 23.8 Å². The van der Waals surface area contributed by atoms with Crippen LogP contribution in [-0.4, -0.2) is 33.7 Å². The van der Waals surface area contributed by atoms with Crippen LogP contribution in [-0.2, 0) is 14.8 Å². The van der Waals surface area contributed by atoms with Crippen LogP contribution in [0.25, 0.3) is 0 Å². The number of rotatable bonds is 7. The first-order valence-corrected chi connectivity index (χ1v) is 10.9. The van der Waals surface area contributed by atoms with E-state index in [0.29, 0.717) is 11.4 Å². The van der Waals surface area contributed by atoms with Gasteiger partial charge in [-0.15, -0.1) is 0 Å². The molecule has 0 aromatic heterocycles. The second-order valence-electron chi connectivity index (χ2n) is 7.02. The van der Waals surface area contributed by atoms with Gasteiger partial charge in [-0.3, -0.25) is 9.10 Å². The van der Waals surface area contributed by atoms with Crippen molar-refractivity contribution < 1.29 is 17.9 Å². The summed E-state index contributed by atoms with van der Waals surface area (Å²) in [4.78, 5) is 12.9. The Bertz CT molecular complexity index is 939. The topological polar surface area (TPSA) is 75.7 Å². The molecule has 152 valence electrons. The molecule has 0 fully saturated rings. The van der Waals surface area contributed by atoms with Crippen LogP contribution in [0, 0.1) is 13.8 Å². The van der Waals surface area contributed by atoms with E-state index in [-0.39, 0.29) is 11.9 Å². The minimum absolute atomic E-state index is 0.243. The van der Waals surface area contributed by atoms with Gasteiger partial charge in [0.25, 0.3) is 0 Å². The zero-order chi connectivity index (χ0) is 21.1. The van der Waals surface area contributed by atoms with Gasteiger partial charge >= 0.3 is 0 Å². The highest BCUT2D eigenvalue weighted by atomic mass is 32.2. The summed E-state index contributed by atoms with van der Waals surface area (Å²) in [6.07, 6.45) is 1.09. The van der Waals surface area contributed by atoms with E-state index >= 15 is 0 Å². The van der Waals surface area contributed by atoms with Gasteiger partial charge in [0.15, 0.2) is 0 Å². The summed E-state index contributed by atoms with van der Waals surface area (Å²) in [6, 6.07) is 11.5. The lowest BCUT2D eigenvalue weighted by Gasteiger charge is -2.29. The minimum atomic E-state index is -3.67. The molecule has 0 aliphatic rings. The lowest BCUT2D eigenvalue weighted by Crippen LogP contribution is -2.48. The summed E-state index contributed by atoms with van der Waals surface area (Å²) >= 11 is 0. The van der Waals surface area contributed by atoms with Gasteiger partial charge in [0.2, 0.25) is 15.9 Å². The quantitative estimate of drug-likeness (QED) is 0.768. The van der Waals surface area contributed by atoms with E-state index in [1.165, 1.54) is 7.11 Å². The Labute approximate surface area is 167 Å². The number of aryl methyl sites for hydroxylation is 2. The van der Waals surface area contributed by atoms with E-state index in [1.54, 1.807) is 31.2 Å². The molecule has 1 N–H and O–H groups in total. The summed E-state index contributed by atoms with van der Waals surface area (Å²) in [5, 5.41) is 2.94. The third-order valence-electron chi connectivity index (χ3n) is 4.68. The first kappa shape index (κ1) is 21.8. The lowest BCUT2D eigenvalue weighted by molar-refractivity contribution is -0.122. The van der Waals surface area contributed by atoms with Gasteiger partial charge in [-0.25, -0.2) is 8.42 Å². The predicted octanol–water partition coefficient (Wildman–Crippen LogP) is 3.34. The van der Waals surface area contributed by atoms with Gasteiger partial charge in [-0.05, 0) is 63.1 Å². The van der Waals surface area contributed by atoms with Crippen LogP contribution in [0.4, 0.5) is 5.69 Å². The van der Waals surface area contributed by atoms with Crippen LogP contribution in [0.15, 0.2) is 42.5 Å². The van der Waals surface area contributed by atoms with Crippen molar-refractivity contribution in [1.82, 2.24) is 5.32 Å². The predicted molar refractivity (Wildman–Crippen MR) is 112 cm³/mol. The molecule has 2 aromatic rings. The molecule has 0 aliphatic heterocycles. The summed E-state index contributed by atoms with van der Waals surface area (Å²) in [7, 11) is -2.13. The molecule has 2 aromatic carbocycles. The summed E-state index contributed by atoms with van der Waals surface area (Å²) in [5.74, 6) is 0.243. The number of hydrogen-bond acceptors (Lipinski definition) is 4. The van der Waals surface area contributed by atoms with E-state index in [9.17, 15) is 13.2 Å². The first-order chi connectivity index (χ1) is 13.0. The zero-order valence-corrected chi connectivity index (χ0v) is 18.0. The molecular weight excluding hydrogens is 376 g/mol. The molecule has 1 amide bonds. The third kappa shape index (κ3) is 5.04. The van der Waals surface area contributed by atoms with Crippen LogP contribution in [0.1, 0.15) is 36.6 Å². The average Bonchev–Trinajstić information content (AvgIpc) is 2.63.